The van der Waals surface area contributed by atoms with Crippen LogP contribution in [0.4, 0.5) is 0 Å². The maximum absolute atomic E-state index is 11.7. The van der Waals surface area contributed by atoms with Crippen molar-refractivity contribution in [2.24, 2.45) is 0 Å². The number of phenolic OH excluding ortho intramolecular Hbond substituents is 1. The minimum absolute atomic E-state index is 0.0259. The van der Waals surface area contributed by atoms with Crippen molar-refractivity contribution >= 4 is 24.7 Å². The number of benzene rings is 1. The highest BCUT2D eigenvalue weighted by molar-refractivity contribution is 7.64. The lowest BCUT2D eigenvalue weighted by molar-refractivity contribution is -0.870. The van der Waals surface area contributed by atoms with Gasteiger partial charge in [0, 0.05) is 17.7 Å². The fourth-order valence-corrected chi connectivity index (χ4v) is 1.66. The van der Waals surface area contributed by atoms with Crippen molar-refractivity contribution in [2.75, 3.05) is 48.5 Å². The molecule has 8 heteroatoms. The number of thiocyanates is 1. The summed E-state index contributed by atoms with van der Waals surface area (Å²) in [6.45, 7) is 1.08. The number of phenols is 1. The van der Waals surface area contributed by atoms with Gasteiger partial charge in [0.15, 0.2) is 11.5 Å². The van der Waals surface area contributed by atoms with Crippen LogP contribution in [0.5, 0.6) is 17.2 Å². The zero-order valence-electron chi connectivity index (χ0n) is 15.1. The van der Waals surface area contributed by atoms with Gasteiger partial charge in [0.25, 0.3) is 0 Å². The van der Waals surface area contributed by atoms with Crippen molar-refractivity contribution in [3.63, 3.8) is 0 Å². The summed E-state index contributed by atoms with van der Waals surface area (Å²) >= 11 is 3.70. The molecule has 7 nitrogen and oxygen atoms in total. The summed E-state index contributed by atoms with van der Waals surface area (Å²) in [5.74, 6) is 0.289. The van der Waals surface area contributed by atoms with E-state index in [1.165, 1.54) is 31.8 Å². The summed E-state index contributed by atoms with van der Waals surface area (Å²) in [5.41, 5.74) is 0.612. The van der Waals surface area contributed by atoms with Crippen LogP contribution in [0.1, 0.15) is 5.56 Å². The van der Waals surface area contributed by atoms with Crippen LogP contribution in [0.2, 0.25) is 0 Å². The molecule has 138 valence electrons. The minimum Gasteiger partial charge on any atom is -0.696 e. The van der Waals surface area contributed by atoms with Crippen molar-refractivity contribution in [3.05, 3.63) is 23.8 Å². The van der Waals surface area contributed by atoms with Gasteiger partial charge >= 0.3 is 5.97 Å². The molecule has 0 spiro atoms. The van der Waals surface area contributed by atoms with Crippen LogP contribution in [0.15, 0.2) is 18.2 Å². The van der Waals surface area contributed by atoms with Crippen LogP contribution >= 0.6 is 0 Å². The molecule has 0 atom stereocenters. The molecule has 25 heavy (non-hydrogen) atoms. The molecule has 1 aromatic carbocycles. The number of quaternary nitrogens is 1. The molecule has 0 aromatic heterocycles. The van der Waals surface area contributed by atoms with Crippen molar-refractivity contribution in [1.82, 2.24) is 0 Å². The SMILES string of the molecule is COc1cc(/C=C/C(=O)OCC[N+](C)(C)C)c(OC)cc1O.N#C[S-]. The highest BCUT2D eigenvalue weighted by Crippen LogP contribution is 2.34. The highest BCUT2D eigenvalue weighted by Gasteiger charge is 2.10. The third-order valence-electron chi connectivity index (χ3n) is 2.94. The minimum atomic E-state index is -0.428. The summed E-state index contributed by atoms with van der Waals surface area (Å²) in [6, 6.07) is 3.02. The molecule has 0 unspecified atom stereocenters. The Morgan fingerprint density at radius 2 is 1.84 bits per heavy atom. The molecule has 0 bridgehead atoms. The first-order valence-electron chi connectivity index (χ1n) is 7.30. The lowest BCUT2D eigenvalue weighted by Gasteiger charge is -2.23. The quantitative estimate of drug-likeness (QED) is 0.257. The van der Waals surface area contributed by atoms with E-state index in [2.05, 4.69) is 12.6 Å². The lowest BCUT2D eigenvalue weighted by Crippen LogP contribution is -2.37. The number of nitriles is 1. The van der Waals surface area contributed by atoms with Crippen LogP contribution in [-0.2, 0) is 22.2 Å². The molecule has 1 rings (SSSR count). The summed E-state index contributed by atoms with van der Waals surface area (Å²) in [7, 11) is 9.01. The number of hydrogen-bond donors (Lipinski definition) is 1. The second-order valence-corrected chi connectivity index (χ2v) is 6.05. The molecule has 0 aliphatic rings. The largest absolute Gasteiger partial charge is 0.696 e. The zero-order valence-corrected chi connectivity index (χ0v) is 15.9. The van der Waals surface area contributed by atoms with Crippen molar-refractivity contribution in [1.29, 1.82) is 5.26 Å². The Bertz CT molecular complexity index is 633. The van der Waals surface area contributed by atoms with Gasteiger partial charge in [-0.1, -0.05) is 5.40 Å². The number of esters is 1. The molecule has 0 fully saturated rings. The normalized spacial score (nSPS) is 10.4. The first kappa shape index (κ1) is 22.5. The predicted octanol–water partition coefficient (Wildman–Crippen LogP) is 1.69. The molecule has 0 aliphatic carbocycles. The van der Waals surface area contributed by atoms with Crippen molar-refractivity contribution < 1.29 is 28.6 Å². The average Bonchev–Trinajstić information content (AvgIpc) is 2.52. The third-order valence-corrected chi connectivity index (χ3v) is 2.94. The first-order chi connectivity index (χ1) is 11.7. The number of likely N-dealkylation sites (N-methyl/N-ethyl adjacent to an activating group) is 1. The second kappa shape index (κ2) is 11.1. The number of hydrogen-bond acceptors (Lipinski definition) is 7. The van der Waals surface area contributed by atoms with Gasteiger partial charge in [0.1, 0.15) is 18.9 Å². The van der Waals surface area contributed by atoms with Crippen molar-refractivity contribution in [2.45, 2.75) is 0 Å². The van der Waals surface area contributed by atoms with E-state index in [4.69, 9.17) is 19.5 Å². The van der Waals surface area contributed by atoms with Crippen LogP contribution < -0.4 is 9.47 Å². The summed E-state index contributed by atoms with van der Waals surface area (Å²) < 4.78 is 16.1. The molecule has 1 N–H and O–H groups in total. The van der Waals surface area contributed by atoms with E-state index in [-0.39, 0.29) is 5.75 Å². The molecule has 1 aromatic rings. The molecule has 0 aliphatic heterocycles. The average molecular weight is 368 g/mol. The monoisotopic (exact) mass is 368 g/mol. The molecule has 0 amide bonds. The number of carbonyl (C=O) groups excluding carboxylic acids is 1. The Labute approximate surface area is 154 Å². The maximum atomic E-state index is 11.7. The molecular formula is C17H24N2O5S. The number of carbonyl (C=O) groups is 1. The molecule has 0 saturated carbocycles. The fraction of sp³-hybridized carbons (Fsp3) is 0.412. The highest BCUT2D eigenvalue weighted by atomic mass is 32.1. The Kier molecular flexibility index (Phi) is 10.0. The fourth-order valence-electron chi connectivity index (χ4n) is 1.66. The second-order valence-electron chi connectivity index (χ2n) is 5.87. The van der Waals surface area contributed by atoms with Gasteiger partial charge in [-0.05, 0) is 12.1 Å². The molecule has 0 heterocycles. The van der Waals surface area contributed by atoms with Crippen molar-refractivity contribution in [3.8, 4) is 22.6 Å². The smallest absolute Gasteiger partial charge is 0.330 e. The van der Waals surface area contributed by atoms with Gasteiger partial charge in [0.05, 0.1) is 35.4 Å². The molecular weight excluding hydrogens is 344 g/mol. The predicted molar refractivity (Wildman–Crippen MR) is 97.1 cm³/mol. The first-order valence-corrected chi connectivity index (χ1v) is 7.70. The lowest BCUT2D eigenvalue weighted by atomic mass is 10.1. The number of ether oxygens (including phenoxy) is 3. The van der Waals surface area contributed by atoms with Gasteiger partial charge in [-0.2, -0.15) is 0 Å². The topological polar surface area (TPSA) is 88.8 Å². The maximum Gasteiger partial charge on any atom is 0.330 e. The van der Waals surface area contributed by atoms with E-state index in [1.807, 2.05) is 21.1 Å². The van der Waals surface area contributed by atoms with Crippen LogP contribution in [0, 0.1) is 10.7 Å². The van der Waals surface area contributed by atoms with E-state index < -0.39 is 5.97 Å². The number of methoxy groups -OCH3 is 2. The molecule has 0 radical (unpaired) electrons. The molecule has 0 saturated heterocycles. The Hall–Kier alpha value is -2.50. The summed E-state index contributed by atoms with van der Waals surface area (Å²) in [5, 5.41) is 18.2. The van der Waals surface area contributed by atoms with Gasteiger partial charge < -0.3 is 36.4 Å². The zero-order chi connectivity index (χ0) is 19.5. The standard InChI is InChI=1S/C16H23NO5.CHNS/c1-17(2,3)8-9-22-16(19)7-6-12-10-15(21-5)13(18)11-14(12)20-4;2-1-3/h6-7,10-11H,8-9H2,1-5H3;3H. The van der Waals surface area contributed by atoms with E-state index >= 15 is 0 Å². The number of aromatic hydroxyl groups is 1. The Morgan fingerprint density at radius 1 is 1.28 bits per heavy atom. The van der Waals surface area contributed by atoms with E-state index in [0.717, 1.165) is 11.0 Å². The summed E-state index contributed by atoms with van der Waals surface area (Å²) in [4.78, 5) is 11.7. The van der Waals surface area contributed by atoms with Gasteiger partial charge in [0.2, 0.25) is 0 Å². The van der Waals surface area contributed by atoms with E-state index in [0.29, 0.717) is 23.7 Å². The van der Waals surface area contributed by atoms with Crippen LogP contribution in [0.25, 0.3) is 6.08 Å². The van der Waals surface area contributed by atoms with E-state index in [9.17, 15) is 9.90 Å². The van der Waals surface area contributed by atoms with Crippen LogP contribution in [0.3, 0.4) is 0 Å². The van der Waals surface area contributed by atoms with Gasteiger partial charge in [-0.25, -0.2) is 10.1 Å². The van der Waals surface area contributed by atoms with Crippen LogP contribution in [-0.4, -0.2) is 64.1 Å². The summed E-state index contributed by atoms with van der Waals surface area (Å²) in [6.07, 6.45) is 2.89. The number of nitrogens with zero attached hydrogens (tertiary/aromatic N) is 2. The Morgan fingerprint density at radius 3 is 2.32 bits per heavy atom. The van der Waals surface area contributed by atoms with Gasteiger partial charge in [-0.15, -0.1) is 0 Å². The Balaban J connectivity index is 0.00000178. The number of rotatable bonds is 7. The van der Waals surface area contributed by atoms with E-state index in [1.54, 1.807) is 12.1 Å². The third kappa shape index (κ3) is 9.39. The van der Waals surface area contributed by atoms with Gasteiger partial charge in [-0.3, -0.25) is 0 Å².